The largest absolute Gasteiger partial charge is 0.303 e. The first-order valence-electron chi connectivity index (χ1n) is 5.22. The highest BCUT2D eigenvalue weighted by atomic mass is 32.2. The number of rotatable bonds is 3. The fourth-order valence-electron chi connectivity index (χ4n) is 2.51. The highest BCUT2D eigenvalue weighted by molar-refractivity contribution is 7.91. The van der Waals surface area contributed by atoms with Gasteiger partial charge in [0, 0.05) is 5.41 Å². The minimum Gasteiger partial charge on any atom is -0.303 e. The molecule has 0 radical (unpaired) electrons. The molecule has 1 aliphatic heterocycles. The van der Waals surface area contributed by atoms with Gasteiger partial charge in [0.1, 0.15) is 6.29 Å². The third-order valence-electron chi connectivity index (χ3n) is 3.59. The molecule has 4 heteroatoms. The summed E-state index contributed by atoms with van der Waals surface area (Å²) in [5.41, 5.74) is -0.524. The minimum atomic E-state index is -2.93. The van der Waals surface area contributed by atoms with E-state index in [9.17, 15) is 13.2 Å². The van der Waals surface area contributed by atoms with Crippen molar-refractivity contribution in [2.75, 3.05) is 11.5 Å². The topological polar surface area (TPSA) is 51.2 Å². The summed E-state index contributed by atoms with van der Waals surface area (Å²) in [7, 11) is -2.93. The predicted octanol–water partition coefficient (Wildman–Crippen LogP) is 1.18. The third-order valence-corrected chi connectivity index (χ3v) is 5.43. The predicted molar refractivity (Wildman–Crippen MR) is 53.7 cm³/mol. The molecule has 0 bridgehead atoms. The SMILES string of the molecule is O=CC1(CC2CCC2)CCS(=O)(=O)C1. The number of hydrogen-bond donors (Lipinski definition) is 0. The van der Waals surface area contributed by atoms with E-state index in [1.54, 1.807) is 0 Å². The molecule has 1 aliphatic carbocycles. The van der Waals surface area contributed by atoms with E-state index in [-0.39, 0.29) is 11.5 Å². The lowest BCUT2D eigenvalue weighted by Gasteiger charge is -2.32. The highest BCUT2D eigenvalue weighted by Crippen LogP contribution is 2.42. The lowest BCUT2D eigenvalue weighted by molar-refractivity contribution is -0.116. The van der Waals surface area contributed by atoms with Crippen LogP contribution in [-0.4, -0.2) is 26.2 Å². The Labute approximate surface area is 84.8 Å². The van der Waals surface area contributed by atoms with Crippen LogP contribution in [-0.2, 0) is 14.6 Å². The van der Waals surface area contributed by atoms with Crippen LogP contribution in [0.3, 0.4) is 0 Å². The summed E-state index contributed by atoms with van der Waals surface area (Å²) < 4.78 is 22.7. The van der Waals surface area contributed by atoms with E-state index in [0.717, 1.165) is 12.7 Å². The number of carbonyl (C=O) groups is 1. The smallest absolute Gasteiger partial charge is 0.151 e. The van der Waals surface area contributed by atoms with E-state index in [0.29, 0.717) is 12.3 Å². The van der Waals surface area contributed by atoms with Gasteiger partial charge in [-0.05, 0) is 18.8 Å². The fourth-order valence-corrected chi connectivity index (χ4v) is 4.58. The summed E-state index contributed by atoms with van der Waals surface area (Å²) in [5, 5.41) is 0. The average molecular weight is 216 g/mol. The van der Waals surface area contributed by atoms with Crippen molar-refractivity contribution in [1.82, 2.24) is 0 Å². The first-order valence-corrected chi connectivity index (χ1v) is 7.04. The van der Waals surface area contributed by atoms with Crippen molar-refractivity contribution in [2.24, 2.45) is 11.3 Å². The molecule has 1 saturated carbocycles. The second-order valence-corrected chi connectivity index (χ2v) is 7.01. The van der Waals surface area contributed by atoms with Crippen LogP contribution in [0.15, 0.2) is 0 Å². The summed E-state index contributed by atoms with van der Waals surface area (Å²) in [4.78, 5) is 11.0. The Kier molecular flexibility index (Phi) is 2.41. The van der Waals surface area contributed by atoms with Crippen LogP contribution >= 0.6 is 0 Å². The van der Waals surface area contributed by atoms with Crippen LogP contribution < -0.4 is 0 Å². The van der Waals surface area contributed by atoms with Crippen LogP contribution in [0.25, 0.3) is 0 Å². The van der Waals surface area contributed by atoms with E-state index < -0.39 is 15.3 Å². The second kappa shape index (κ2) is 3.33. The molecule has 1 atom stereocenters. The lowest BCUT2D eigenvalue weighted by atomic mass is 9.72. The zero-order valence-corrected chi connectivity index (χ0v) is 9.05. The monoisotopic (exact) mass is 216 g/mol. The van der Waals surface area contributed by atoms with Gasteiger partial charge in [0.15, 0.2) is 9.84 Å². The van der Waals surface area contributed by atoms with Gasteiger partial charge in [0.05, 0.1) is 11.5 Å². The maximum absolute atomic E-state index is 11.3. The standard InChI is InChI=1S/C10H16O3S/c11-7-10(6-9-2-1-3-9)4-5-14(12,13)8-10/h7,9H,1-6,8H2. The maximum Gasteiger partial charge on any atom is 0.151 e. The first kappa shape index (κ1) is 10.1. The molecule has 0 spiro atoms. The van der Waals surface area contributed by atoms with E-state index in [1.807, 2.05) is 0 Å². The van der Waals surface area contributed by atoms with Gasteiger partial charge >= 0.3 is 0 Å². The van der Waals surface area contributed by atoms with Crippen LogP contribution in [0.5, 0.6) is 0 Å². The quantitative estimate of drug-likeness (QED) is 0.666. The summed E-state index contributed by atoms with van der Waals surface area (Å²) in [6.07, 6.45) is 5.85. The molecule has 2 fully saturated rings. The zero-order valence-electron chi connectivity index (χ0n) is 8.24. The van der Waals surface area contributed by atoms with Gasteiger partial charge in [-0.2, -0.15) is 0 Å². The summed E-state index contributed by atoms with van der Waals surface area (Å²) in [5.74, 6) is 0.909. The molecule has 0 amide bonds. The summed E-state index contributed by atoms with van der Waals surface area (Å²) in [6, 6.07) is 0. The molecule has 2 aliphatic rings. The first-order chi connectivity index (χ1) is 6.55. The van der Waals surface area contributed by atoms with E-state index in [2.05, 4.69) is 0 Å². The van der Waals surface area contributed by atoms with Gasteiger partial charge in [-0.3, -0.25) is 0 Å². The van der Waals surface area contributed by atoms with E-state index >= 15 is 0 Å². The molecule has 0 aromatic heterocycles. The van der Waals surface area contributed by atoms with Crippen molar-refractivity contribution in [2.45, 2.75) is 32.1 Å². The molecule has 3 nitrogen and oxygen atoms in total. The van der Waals surface area contributed by atoms with E-state index in [4.69, 9.17) is 0 Å². The zero-order chi connectivity index (χ0) is 10.2. The Bertz CT molecular complexity index is 329. The fraction of sp³-hybridized carbons (Fsp3) is 0.900. The molecule has 1 heterocycles. The van der Waals surface area contributed by atoms with Gasteiger partial charge in [-0.1, -0.05) is 19.3 Å². The van der Waals surface area contributed by atoms with Crippen molar-refractivity contribution in [1.29, 1.82) is 0 Å². The number of aldehydes is 1. The lowest BCUT2D eigenvalue weighted by Crippen LogP contribution is -2.29. The molecule has 0 aromatic carbocycles. The Morgan fingerprint density at radius 2 is 2.07 bits per heavy atom. The van der Waals surface area contributed by atoms with Crippen molar-refractivity contribution < 1.29 is 13.2 Å². The second-order valence-electron chi connectivity index (χ2n) is 4.82. The van der Waals surface area contributed by atoms with Gasteiger partial charge in [0.2, 0.25) is 0 Å². The van der Waals surface area contributed by atoms with Gasteiger partial charge in [-0.25, -0.2) is 8.42 Å². The van der Waals surface area contributed by atoms with Gasteiger partial charge in [0.25, 0.3) is 0 Å². The Balaban J connectivity index is 2.07. The maximum atomic E-state index is 11.3. The number of sulfone groups is 1. The van der Waals surface area contributed by atoms with Crippen molar-refractivity contribution in [3.05, 3.63) is 0 Å². The van der Waals surface area contributed by atoms with E-state index in [1.165, 1.54) is 19.3 Å². The third kappa shape index (κ3) is 1.85. The Hall–Kier alpha value is -0.380. The van der Waals surface area contributed by atoms with Crippen molar-refractivity contribution in [3.63, 3.8) is 0 Å². The molecule has 0 N–H and O–H groups in total. The highest BCUT2D eigenvalue weighted by Gasteiger charge is 2.44. The molecule has 14 heavy (non-hydrogen) atoms. The molecule has 1 saturated heterocycles. The van der Waals surface area contributed by atoms with Crippen LogP contribution in [0.4, 0.5) is 0 Å². The molecule has 0 aromatic rings. The van der Waals surface area contributed by atoms with Gasteiger partial charge in [-0.15, -0.1) is 0 Å². The summed E-state index contributed by atoms with van der Waals surface area (Å²) >= 11 is 0. The molecular formula is C10H16O3S. The normalized spacial score (nSPS) is 36.6. The van der Waals surface area contributed by atoms with Crippen molar-refractivity contribution >= 4 is 16.1 Å². The molecule has 2 rings (SSSR count). The van der Waals surface area contributed by atoms with Gasteiger partial charge < -0.3 is 4.79 Å². The number of carbonyl (C=O) groups excluding carboxylic acids is 1. The Morgan fingerprint density at radius 1 is 1.36 bits per heavy atom. The molecule has 1 unspecified atom stereocenters. The van der Waals surface area contributed by atoms with Crippen LogP contribution in [0, 0.1) is 11.3 Å². The average Bonchev–Trinajstić information content (AvgIpc) is 2.36. The minimum absolute atomic E-state index is 0.0972. The number of hydrogen-bond acceptors (Lipinski definition) is 3. The summed E-state index contributed by atoms with van der Waals surface area (Å²) in [6.45, 7) is 0. The van der Waals surface area contributed by atoms with Crippen LogP contribution in [0.1, 0.15) is 32.1 Å². The molecule has 80 valence electrons. The molecular weight excluding hydrogens is 200 g/mol. The van der Waals surface area contributed by atoms with Crippen molar-refractivity contribution in [3.8, 4) is 0 Å². The Morgan fingerprint density at radius 3 is 2.43 bits per heavy atom. The van der Waals surface area contributed by atoms with Crippen LogP contribution in [0.2, 0.25) is 0 Å².